The lowest BCUT2D eigenvalue weighted by atomic mass is 10.2. The van der Waals surface area contributed by atoms with Gasteiger partial charge in [-0.25, -0.2) is 4.39 Å². The highest BCUT2D eigenvalue weighted by molar-refractivity contribution is 9.09. The van der Waals surface area contributed by atoms with Gasteiger partial charge in [-0.1, -0.05) is 28.1 Å². The molecule has 0 saturated heterocycles. The van der Waals surface area contributed by atoms with Crippen molar-refractivity contribution < 1.29 is 9.18 Å². The summed E-state index contributed by atoms with van der Waals surface area (Å²) < 4.78 is 12.9. The molecule has 1 aromatic rings. The van der Waals surface area contributed by atoms with Crippen LogP contribution in [-0.4, -0.2) is 23.2 Å². The number of hydrogen-bond donors (Lipinski definition) is 0. The lowest BCUT2D eigenvalue weighted by molar-refractivity contribution is -0.129. The number of halogens is 2. The van der Waals surface area contributed by atoms with E-state index >= 15 is 0 Å². The Morgan fingerprint density at radius 2 is 2.27 bits per heavy atom. The van der Waals surface area contributed by atoms with Crippen molar-refractivity contribution in [3.05, 3.63) is 35.6 Å². The summed E-state index contributed by atoms with van der Waals surface area (Å²) in [6.45, 7) is 0.448. The molecule has 1 rings (SSSR count). The summed E-state index contributed by atoms with van der Waals surface area (Å²) in [5, 5.41) is 0.652. The van der Waals surface area contributed by atoms with Crippen molar-refractivity contribution in [2.24, 2.45) is 0 Å². The van der Waals surface area contributed by atoms with Gasteiger partial charge in [0.15, 0.2) is 0 Å². The van der Waals surface area contributed by atoms with Crippen molar-refractivity contribution in [1.29, 1.82) is 0 Å². The Hall–Kier alpha value is -0.900. The van der Waals surface area contributed by atoms with Gasteiger partial charge in [0.05, 0.1) is 0 Å². The predicted octanol–water partition coefficient (Wildman–Crippen LogP) is 2.57. The van der Waals surface area contributed by atoms with Crippen LogP contribution in [0.3, 0.4) is 0 Å². The summed E-state index contributed by atoms with van der Waals surface area (Å²) in [5.74, 6) is -0.218. The van der Waals surface area contributed by atoms with Crippen molar-refractivity contribution >= 4 is 21.8 Å². The fourth-order valence-corrected chi connectivity index (χ4v) is 1.61. The van der Waals surface area contributed by atoms with E-state index in [9.17, 15) is 9.18 Å². The summed E-state index contributed by atoms with van der Waals surface area (Å²) in [5.41, 5.74) is 0.806. The average Bonchev–Trinajstić information content (AvgIpc) is 2.18. The van der Waals surface area contributed by atoms with Crippen LogP contribution in [0.4, 0.5) is 4.39 Å². The van der Waals surface area contributed by atoms with E-state index in [-0.39, 0.29) is 11.7 Å². The number of rotatable bonds is 4. The molecular formula is C11H13BrFNO. The highest BCUT2D eigenvalue weighted by atomic mass is 79.9. The van der Waals surface area contributed by atoms with E-state index in [2.05, 4.69) is 15.9 Å². The first-order valence-electron chi connectivity index (χ1n) is 4.68. The summed E-state index contributed by atoms with van der Waals surface area (Å²) in [6, 6.07) is 6.29. The minimum Gasteiger partial charge on any atom is -0.341 e. The van der Waals surface area contributed by atoms with Gasteiger partial charge < -0.3 is 4.90 Å². The first-order valence-corrected chi connectivity index (χ1v) is 5.80. The van der Waals surface area contributed by atoms with Gasteiger partial charge in [-0.15, -0.1) is 0 Å². The Labute approximate surface area is 97.2 Å². The number of carbonyl (C=O) groups is 1. The zero-order valence-electron chi connectivity index (χ0n) is 8.54. The Bertz CT molecular complexity index is 343. The van der Waals surface area contributed by atoms with Gasteiger partial charge in [0.2, 0.25) is 5.91 Å². The molecule has 1 aromatic carbocycles. The normalized spacial score (nSPS) is 10.1. The molecule has 0 bridgehead atoms. The quantitative estimate of drug-likeness (QED) is 0.773. The number of alkyl halides is 1. The van der Waals surface area contributed by atoms with Crippen molar-refractivity contribution in [2.45, 2.75) is 13.0 Å². The summed E-state index contributed by atoms with van der Waals surface area (Å²) >= 11 is 3.21. The monoisotopic (exact) mass is 273 g/mol. The summed E-state index contributed by atoms with van der Waals surface area (Å²) in [6.07, 6.45) is 0.464. The van der Waals surface area contributed by atoms with Gasteiger partial charge in [-0.2, -0.15) is 0 Å². The van der Waals surface area contributed by atoms with Crippen LogP contribution in [0.1, 0.15) is 12.0 Å². The molecule has 2 nitrogen and oxygen atoms in total. The molecule has 0 aliphatic heterocycles. The van der Waals surface area contributed by atoms with Crippen LogP contribution < -0.4 is 0 Å². The Kier molecular flexibility index (Phi) is 4.75. The molecule has 0 radical (unpaired) electrons. The lowest BCUT2D eigenvalue weighted by Gasteiger charge is -2.16. The van der Waals surface area contributed by atoms with E-state index < -0.39 is 0 Å². The molecule has 0 fully saturated rings. The zero-order valence-corrected chi connectivity index (χ0v) is 10.1. The third kappa shape index (κ3) is 4.00. The minimum absolute atomic E-state index is 0.0520. The van der Waals surface area contributed by atoms with Crippen LogP contribution >= 0.6 is 15.9 Å². The van der Waals surface area contributed by atoms with Gasteiger partial charge in [0.1, 0.15) is 5.82 Å². The highest BCUT2D eigenvalue weighted by Gasteiger charge is 2.08. The van der Waals surface area contributed by atoms with E-state index in [0.29, 0.717) is 18.3 Å². The molecule has 4 heteroatoms. The molecule has 0 N–H and O–H groups in total. The number of benzene rings is 1. The molecule has 0 heterocycles. The summed E-state index contributed by atoms with van der Waals surface area (Å²) in [7, 11) is 1.72. The lowest BCUT2D eigenvalue weighted by Crippen LogP contribution is -2.26. The Morgan fingerprint density at radius 1 is 1.53 bits per heavy atom. The second-order valence-electron chi connectivity index (χ2n) is 3.32. The van der Waals surface area contributed by atoms with Crippen molar-refractivity contribution in [3.63, 3.8) is 0 Å². The maximum Gasteiger partial charge on any atom is 0.223 e. The van der Waals surface area contributed by atoms with Crippen molar-refractivity contribution in [2.75, 3.05) is 12.4 Å². The minimum atomic E-state index is -0.270. The first kappa shape index (κ1) is 12.2. The number of nitrogens with zero attached hydrogens (tertiary/aromatic N) is 1. The van der Waals surface area contributed by atoms with E-state index in [4.69, 9.17) is 0 Å². The topological polar surface area (TPSA) is 20.3 Å². The van der Waals surface area contributed by atoms with Crippen LogP contribution in [0.2, 0.25) is 0 Å². The van der Waals surface area contributed by atoms with Crippen LogP contribution in [0.5, 0.6) is 0 Å². The maximum atomic E-state index is 12.9. The SMILES string of the molecule is CN(Cc1cccc(F)c1)C(=O)CCBr. The molecule has 0 aliphatic carbocycles. The van der Waals surface area contributed by atoms with Crippen molar-refractivity contribution in [1.82, 2.24) is 4.90 Å². The number of hydrogen-bond acceptors (Lipinski definition) is 1. The highest BCUT2D eigenvalue weighted by Crippen LogP contribution is 2.07. The van der Waals surface area contributed by atoms with Gasteiger partial charge >= 0.3 is 0 Å². The van der Waals surface area contributed by atoms with E-state index in [1.807, 2.05) is 0 Å². The molecule has 0 unspecified atom stereocenters. The third-order valence-corrected chi connectivity index (χ3v) is 2.44. The van der Waals surface area contributed by atoms with Gasteiger partial charge in [0.25, 0.3) is 0 Å². The van der Waals surface area contributed by atoms with Gasteiger partial charge in [-0.3, -0.25) is 4.79 Å². The second kappa shape index (κ2) is 5.85. The summed E-state index contributed by atoms with van der Waals surface area (Å²) in [4.78, 5) is 13.0. The first-order chi connectivity index (χ1) is 7.13. The molecule has 82 valence electrons. The van der Waals surface area contributed by atoms with Crippen LogP contribution in [-0.2, 0) is 11.3 Å². The van der Waals surface area contributed by atoms with E-state index in [0.717, 1.165) is 5.56 Å². The average molecular weight is 274 g/mol. The Balaban J connectivity index is 2.58. The number of carbonyl (C=O) groups excluding carboxylic acids is 1. The molecule has 1 amide bonds. The molecule has 15 heavy (non-hydrogen) atoms. The molecule has 0 spiro atoms. The fourth-order valence-electron chi connectivity index (χ4n) is 1.27. The van der Waals surface area contributed by atoms with Crippen LogP contribution in [0.25, 0.3) is 0 Å². The Morgan fingerprint density at radius 3 is 2.87 bits per heavy atom. The molecule has 0 saturated carbocycles. The van der Waals surface area contributed by atoms with Gasteiger partial charge in [0, 0.05) is 25.3 Å². The second-order valence-corrected chi connectivity index (χ2v) is 4.11. The smallest absolute Gasteiger partial charge is 0.223 e. The van der Waals surface area contributed by atoms with Crippen LogP contribution in [0, 0.1) is 5.82 Å². The van der Waals surface area contributed by atoms with E-state index in [1.165, 1.54) is 12.1 Å². The molecular weight excluding hydrogens is 261 g/mol. The van der Waals surface area contributed by atoms with E-state index in [1.54, 1.807) is 24.1 Å². The molecule has 0 aliphatic rings. The molecule has 0 aromatic heterocycles. The largest absolute Gasteiger partial charge is 0.341 e. The standard InChI is InChI=1S/C11H13BrFNO/c1-14(11(15)5-6-12)8-9-3-2-4-10(13)7-9/h2-4,7H,5-6,8H2,1H3. The fraction of sp³-hybridized carbons (Fsp3) is 0.364. The molecule has 0 atom stereocenters. The van der Waals surface area contributed by atoms with Gasteiger partial charge in [-0.05, 0) is 17.7 Å². The predicted molar refractivity (Wildman–Crippen MR) is 61.3 cm³/mol. The van der Waals surface area contributed by atoms with Crippen LogP contribution in [0.15, 0.2) is 24.3 Å². The van der Waals surface area contributed by atoms with Crippen molar-refractivity contribution in [3.8, 4) is 0 Å². The number of amides is 1. The third-order valence-electron chi connectivity index (χ3n) is 2.04. The maximum absolute atomic E-state index is 12.9. The zero-order chi connectivity index (χ0) is 11.3.